The van der Waals surface area contributed by atoms with Crippen LogP contribution in [0.3, 0.4) is 0 Å². The topological polar surface area (TPSA) is 44.8 Å². The lowest BCUT2D eigenvalue weighted by molar-refractivity contribution is -0.120. The minimum Gasteiger partial charge on any atom is -0.495 e. The molecule has 0 aromatic heterocycles. The third kappa shape index (κ3) is 4.67. The summed E-state index contributed by atoms with van der Waals surface area (Å²) in [5.74, 6) is 0.791. The molecule has 0 saturated carbocycles. The predicted octanol–water partition coefficient (Wildman–Crippen LogP) is 4.15. The second kappa shape index (κ2) is 8.83. The highest BCUT2D eigenvalue weighted by Gasteiger charge is 2.27. The van der Waals surface area contributed by atoms with Crippen molar-refractivity contribution in [1.82, 2.24) is 4.90 Å². The summed E-state index contributed by atoms with van der Waals surface area (Å²) in [6.45, 7) is 5.17. The van der Waals surface area contributed by atoms with E-state index in [4.69, 9.17) is 27.9 Å². The second-order valence-electron chi connectivity index (χ2n) is 6.48. The third-order valence-electron chi connectivity index (χ3n) is 4.86. The molecule has 1 N–H and O–H groups in total. The van der Waals surface area contributed by atoms with Crippen LogP contribution in [-0.4, -0.2) is 50.1 Å². The zero-order valence-electron chi connectivity index (χ0n) is 15.4. The fraction of sp³-hybridized carbons (Fsp3) is 0.350. The van der Waals surface area contributed by atoms with Crippen molar-refractivity contribution in [3.8, 4) is 5.75 Å². The van der Waals surface area contributed by atoms with E-state index in [-0.39, 0.29) is 11.9 Å². The standard InChI is InChI=1S/C20H23Cl2N3O2/c1-14(20(26)23-17-8-7-15(21)13-16(17)22)24-9-11-25(12-10-24)18-5-3-4-6-19(18)27-2/h3-8,13-14H,9-12H2,1-2H3,(H,23,26)/t14-/m1/s1. The van der Waals surface area contributed by atoms with Crippen molar-refractivity contribution in [3.05, 3.63) is 52.5 Å². The van der Waals surface area contributed by atoms with Gasteiger partial charge in [-0.05, 0) is 37.3 Å². The first kappa shape index (κ1) is 19.8. The molecule has 7 heteroatoms. The molecule has 1 atom stereocenters. The Morgan fingerprint density at radius 3 is 2.48 bits per heavy atom. The Labute approximate surface area is 169 Å². The lowest BCUT2D eigenvalue weighted by atomic mass is 10.2. The van der Waals surface area contributed by atoms with Gasteiger partial charge in [0.15, 0.2) is 0 Å². The molecule has 0 bridgehead atoms. The molecule has 1 fully saturated rings. The van der Waals surface area contributed by atoms with Crippen LogP contribution < -0.4 is 15.0 Å². The number of para-hydroxylation sites is 2. The van der Waals surface area contributed by atoms with E-state index in [0.29, 0.717) is 15.7 Å². The van der Waals surface area contributed by atoms with Crippen LogP contribution in [0, 0.1) is 0 Å². The number of carbonyl (C=O) groups is 1. The lowest BCUT2D eigenvalue weighted by Gasteiger charge is -2.38. The smallest absolute Gasteiger partial charge is 0.241 e. The molecule has 1 aliphatic heterocycles. The molecule has 2 aromatic rings. The van der Waals surface area contributed by atoms with Crippen LogP contribution in [0.1, 0.15) is 6.92 Å². The van der Waals surface area contributed by atoms with Gasteiger partial charge in [0.05, 0.1) is 29.5 Å². The van der Waals surface area contributed by atoms with Gasteiger partial charge in [-0.25, -0.2) is 0 Å². The van der Waals surface area contributed by atoms with Crippen LogP contribution in [0.15, 0.2) is 42.5 Å². The molecule has 1 amide bonds. The molecule has 1 saturated heterocycles. The average Bonchev–Trinajstić information content (AvgIpc) is 2.69. The molecule has 0 aliphatic carbocycles. The molecule has 1 aliphatic rings. The summed E-state index contributed by atoms with van der Waals surface area (Å²) in [6.07, 6.45) is 0. The van der Waals surface area contributed by atoms with Gasteiger partial charge in [-0.2, -0.15) is 0 Å². The number of anilines is 2. The molecule has 1 heterocycles. The molecule has 2 aromatic carbocycles. The van der Waals surface area contributed by atoms with Crippen molar-refractivity contribution >= 4 is 40.5 Å². The van der Waals surface area contributed by atoms with Crippen LogP contribution in [0.5, 0.6) is 5.75 Å². The number of ether oxygens (including phenoxy) is 1. The van der Waals surface area contributed by atoms with Crippen LogP contribution in [0.4, 0.5) is 11.4 Å². The number of carbonyl (C=O) groups excluding carboxylic acids is 1. The van der Waals surface area contributed by atoms with E-state index in [2.05, 4.69) is 21.2 Å². The summed E-state index contributed by atoms with van der Waals surface area (Å²) >= 11 is 12.1. The second-order valence-corrected chi connectivity index (χ2v) is 7.33. The Morgan fingerprint density at radius 2 is 1.81 bits per heavy atom. The molecule has 27 heavy (non-hydrogen) atoms. The number of benzene rings is 2. The van der Waals surface area contributed by atoms with E-state index in [9.17, 15) is 4.79 Å². The van der Waals surface area contributed by atoms with Crippen LogP contribution in [0.2, 0.25) is 10.0 Å². The SMILES string of the molecule is COc1ccccc1N1CCN([C@H](C)C(=O)Nc2ccc(Cl)cc2Cl)CC1. The van der Waals surface area contributed by atoms with E-state index < -0.39 is 0 Å². The van der Waals surface area contributed by atoms with E-state index in [1.807, 2.05) is 25.1 Å². The minimum atomic E-state index is -0.253. The van der Waals surface area contributed by atoms with Crippen LogP contribution in [-0.2, 0) is 4.79 Å². The normalized spacial score (nSPS) is 16.1. The van der Waals surface area contributed by atoms with Crippen LogP contribution >= 0.6 is 23.2 Å². The van der Waals surface area contributed by atoms with Gasteiger partial charge in [0.2, 0.25) is 5.91 Å². The van der Waals surface area contributed by atoms with Gasteiger partial charge < -0.3 is 15.0 Å². The molecule has 3 rings (SSSR count). The van der Waals surface area contributed by atoms with Crippen molar-refractivity contribution in [3.63, 3.8) is 0 Å². The van der Waals surface area contributed by atoms with Crippen molar-refractivity contribution < 1.29 is 9.53 Å². The molecule has 144 valence electrons. The number of amides is 1. The summed E-state index contributed by atoms with van der Waals surface area (Å²) in [5, 5.41) is 3.87. The van der Waals surface area contributed by atoms with Gasteiger partial charge in [0.25, 0.3) is 0 Å². The quantitative estimate of drug-likeness (QED) is 0.808. The highest BCUT2D eigenvalue weighted by Crippen LogP contribution is 2.29. The zero-order chi connectivity index (χ0) is 19.4. The maximum Gasteiger partial charge on any atom is 0.241 e. The first-order valence-electron chi connectivity index (χ1n) is 8.87. The first-order valence-corrected chi connectivity index (χ1v) is 9.63. The van der Waals surface area contributed by atoms with Crippen molar-refractivity contribution in [2.45, 2.75) is 13.0 Å². The van der Waals surface area contributed by atoms with Gasteiger partial charge in [-0.1, -0.05) is 35.3 Å². The van der Waals surface area contributed by atoms with E-state index in [1.165, 1.54) is 0 Å². The molecular formula is C20H23Cl2N3O2. The lowest BCUT2D eigenvalue weighted by Crippen LogP contribution is -2.52. The molecule has 0 unspecified atom stereocenters. The number of rotatable bonds is 5. The summed E-state index contributed by atoms with van der Waals surface area (Å²) in [4.78, 5) is 17.1. The number of halogens is 2. The van der Waals surface area contributed by atoms with Crippen LogP contribution in [0.25, 0.3) is 0 Å². The van der Waals surface area contributed by atoms with Gasteiger partial charge >= 0.3 is 0 Å². The minimum absolute atomic E-state index is 0.0787. The highest BCUT2D eigenvalue weighted by atomic mass is 35.5. The summed E-state index contributed by atoms with van der Waals surface area (Å²) in [5.41, 5.74) is 1.66. The average molecular weight is 408 g/mol. The maximum absolute atomic E-state index is 12.6. The predicted molar refractivity (Wildman–Crippen MR) is 111 cm³/mol. The third-order valence-corrected chi connectivity index (χ3v) is 5.40. The van der Waals surface area contributed by atoms with E-state index in [1.54, 1.807) is 25.3 Å². The Kier molecular flexibility index (Phi) is 6.47. The number of hydrogen-bond acceptors (Lipinski definition) is 4. The van der Waals surface area contributed by atoms with Gasteiger partial charge in [-0.15, -0.1) is 0 Å². The molecule has 0 radical (unpaired) electrons. The number of nitrogens with zero attached hydrogens (tertiary/aromatic N) is 2. The number of hydrogen-bond donors (Lipinski definition) is 1. The summed E-state index contributed by atoms with van der Waals surface area (Å²) in [6, 6.07) is 12.8. The summed E-state index contributed by atoms with van der Waals surface area (Å²) in [7, 11) is 1.68. The Hall–Kier alpha value is -1.95. The molecule has 5 nitrogen and oxygen atoms in total. The monoisotopic (exact) mass is 407 g/mol. The Morgan fingerprint density at radius 1 is 1.11 bits per heavy atom. The largest absolute Gasteiger partial charge is 0.495 e. The molecule has 0 spiro atoms. The van der Waals surface area contributed by atoms with E-state index >= 15 is 0 Å². The van der Waals surface area contributed by atoms with Crippen molar-refractivity contribution in [2.75, 3.05) is 43.5 Å². The first-order chi connectivity index (χ1) is 13.0. The van der Waals surface area contributed by atoms with Gasteiger partial charge in [0.1, 0.15) is 5.75 Å². The summed E-state index contributed by atoms with van der Waals surface area (Å²) < 4.78 is 5.46. The number of piperazine rings is 1. The van der Waals surface area contributed by atoms with Crippen molar-refractivity contribution in [1.29, 1.82) is 0 Å². The fourth-order valence-electron chi connectivity index (χ4n) is 3.23. The zero-order valence-corrected chi connectivity index (χ0v) is 16.9. The number of nitrogens with one attached hydrogen (secondary N) is 1. The Bertz CT molecular complexity index is 808. The Balaban J connectivity index is 1.59. The van der Waals surface area contributed by atoms with E-state index in [0.717, 1.165) is 37.6 Å². The highest BCUT2D eigenvalue weighted by molar-refractivity contribution is 6.36. The van der Waals surface area contributed by atoms with Gasteiger partial charge in [-0.3, -0.25) is 9.69 Å². The molecular weight excluding hydrogens is 385 g/mol. The van der Waals surface area contributed by atoms with Gasteiger partial charge in [0, 0.05) is 31.2 Å². The fourth-order valence-corrected chi connectivity index (χ4v) is 3.69. The number of methoxy groups -OCH3 is 1. The van der Waals surface area contributed by atoms with Crippen molar-refractivity contribution in [2.24, 2.45) is 0 Å². The maximum atomic E-state index is 12.6.